The maximum absolute atomic E-state index is 3.87. The molecule has 0 aromatic heterocycles. The molecule has 0 heteroatoms. The third-order valence-electron chi connectivity index (χ3n) is 8.18. The number of benzene rings is 6. The van der Waals surface area contributed by atoms with Gasteiger partial charge < -0.3 is 0 Å². The zero-order chi connectivity index (χ0) is 26.2. The van der Waals surface area contributed by atoms with Crippen LogP contribution in [0.1, 0.15) is 23.1 Å². The Bertz CT molecular complexity index is 1850. The Kier molecular flexibility index (Phi) is 5.94. The van der Waals surface area contributed by atoms with Crippen LogP contribution in [0.2, 0.25) is 0 Å². The van der Waals surface area contributed by atoms with Crippen molar-refractivity contribution < 1.29 is 0 Å². The maximum atomic E-state index is 3.87. The first-order chi connectivity index (χ1) is 19.3. The second-order valence-electron chi connectivity index (χ2n) is 10.5. The van der Waals surface area contributed by atoms with Crippen molar-refractivity contribution in [2.45, 2.75) is 12.8 Å². The zero-order valence-corrected chi connectivity index (χ0v) is 22.0. The molecule has 0 radical (unpaired) electrons. The molecule has 0 N–H and O–H groups in total. The summed E-state index contributed by atoms with van der Waals surface area (Å²) in [4.78, 5) is 0. The Hall–Kier alpha value is -4.68. The van der Waals surface area contributed by atoms with Gasteiger partial charge in [0.05, 0.1) is 0 Å². The SMILES string of the molecule is C=Cc1ccc(CC2C=CC(c3c4ccccc4c(-c4cccc5ccccc45)c4ccccc34)=CC2)cc1. The molecule has 1 aliphatic carbocycles. The molecule has 7 rings (SSSR count). The lowest BCUT2D eigenvalue weighted by molar-refractivity contribution is 0.655. The number of rotatable bonds is 5. The Morgan fingerprint density at radius 2 is 1.21 bits per heavy atom. The maximum Gasteiger partial charge on any atom is -0.00201 e. The number of hydrogen-bond donors (Lipinski definition) is 0. The highest BCUT2D eigenvalue weighted by atomic mass is 14.2. The van der Waals surface area contributed by atoms with E-state index in [-0.39, 0.29) is 0 Å². The molecule has 6 aromatic rings. The van der Waals surface area contributed by atoms with Crippen LogP contribution in [0.15, 0.2) is 140 Å². The van der Waals surface area contributed by atoms with Gasteiger partial charge >= 0.3 is 0 Å². The fourth-order valence-corrected chi connectivity index (χ4v) is 6.27. The van der Waals surface area contributed by atoms with Gasteiger partial charge in [0.1, 0.15) is 0 Å². The standard InChI is InChI=1S/C39H30/c1-2-27-18-20-28(21-19-27)26-29-22-24-31(25-23-29)38-34-13-5-7-15-36(34)39(37-16-8-6-14-35(37)38)33-17-9-11-30-10-3-4-12-32(30)33/h2-22,24-25,29H,1,23,26H2. The molecule has 0 aliphatic heterocycles. The third kappa shape index (κ3) is 4.19. The lowest BCUT2D eigenvalue weighted by Crippen LogP contribution is -2.04. The molecule has 0 heterocycles. The van der Waals surface area contributed by atoms with E-state index in [1.807, 2.05) is 6.08 Å². The Balaban J connectivity index is 1.36. The highest BCUT2D eigenvalue weighted by Gasteiger charge is 2.19. The summed E-state index contributed by atoms with van der Waals surface area (Å²) in [5, 5.41) is 7.81. The fourth-order valence-electron chi connectivity index (χ4n) is 6.27. The molecule has 186 valence electrons. The Labute approximate surface area is 230 Å². The number of hydrogen-bond acceptors (Lipinski definition) is 0. The molecule has 6 aromatic carbocycles. The molecular formula is C39H30. The highest BCUT2D eigenvalue weighted by molar-refractivity contribution is 6.21. The van der Waals surface area contributed by atoms with Crippen LogP contribution >= 0.6 is 0 Å². The van der Waals surface area contributed by atoms with Crippen LogP contribution in [-0.2, 0) is 6.42 Å². The van der Waals surface area contributed by atoms with Crippen LogP contribution in [0.4, 0.5) is 0 Å². The van der Waals surface area contributed by atoms with Crippen LogP contribution in [0.25, 0.3) is 55.1 Å². The minimum absolute atomic E-state index is 0.510. The van der Waals surface area contributed by atoms with Crippen molar-refractivity contribution in [1.82, 2.24) is 0 Å². The molecule has 0 amide bonds. The van der Waals surface area contributed by atoms with E-state index < -0.39 is 0 Å². The first-order valence-corrected chi connectivity index (χ1v) is 13.8. The molecule has 0 saturated carbocycles. The molecule has 1 aliphatic rings. The molecule has 0 bridgehead atoms. The second-order valence-corrected chi connectivity index (χ2v) is 10.5. The lowest BCUT2D eigenvalue weighted by atomic mass is 9.82. The van der Waals surface area contributed by atoms with Gasteiger partial charge in [0.25, 0.3) is 0 Å². The summed E-state index contributed by atoms with van der Waals surface area (Å²) >= 11 is 0. The van der Waals surface area contributed by atoms with E-state index >= 15 is 0 Å². The van der Waals surface area contributed by atoms with Crippen LogP contribution in [0, 0.1) is 5.92 Å². The summed E-state index contributed by atoms with van der Waals surface area (Å²) in [7, 11) is 0. The summed E-state index contributed by atoms with van der Waals surface area (Å²) in [5.41, 5.74) is 7.83. The van der Waals surface area contributed by atoms with Gasteiger partial charge in [-0.05, 0) is 84.5 Å². The van der Waals surface area contributed by atoms with Crippen molar-refractivity contribution in [2.24, 2.45) is 5.92 Å². The van der Waals surface area contributed by atoms with Crippen molar-refractivity contribution in [3.63, 3.8) is 0 Å². The number of allylic oxidation sites excluding steroid dienone is 4. The predicted molar refractivity (Wildman–Crippen MR) is 170 cm³/mol. The monoisotopic (exact) mass is 498 g/mol. The van der Waals surface area contributed by atoms with Crippen LogP contribution in [0.5, 0.6) is 0 Å². The summed E-state index contributed by atoms with van der Waals surface area (Å²) < 4.78 is 0. The van der Waals surface area contributed by atoms with Gasteiger partial charge in [-0.2, -0.15) is 0 Å². The van der Waals surface area contributed by atoms with Crippen molar-refractivity contribution in [3.8, 4) is 11.1 Å². The lowest BCUT2D eigenvalue weighted by Gasteiger charge is -2.22. The smallest absolute Gasteiger partial charge is 0.00201 e. The van der Waals surface area contributed by atoms with Crippen molar-refractivity contribution in [3.05, 3.63) is 157 Å². The average molecular weight is 499 g/mol. The van der Waals surface area contributed by atoms with Gasteiger partial charge in [0.15, 0.2) is 0 Å². The highest BCUT2D eigenvalue weighted by Crippen LogP contribution is 2.44. The van der Waals surface area contributed by atoms with E-state index in [1.165, 1.54) is 65.7 Å². The first kappa shape index (κ1) is 23.4. The molecule has 1 unspecified atom stereocenters. The molecule has 0 spiro atoms. The van der Waals surface area contributed by atoms with E-state index in [0.29, 0.717) is 5.92 Å². The Morgan fingerprint density at radius 3 is 1.82 bits per heavy atom. The van der Waals surface area contributed by atoms with Crippen molar-refractivity contribution in [2.75, 3.05) is 0 Å². The summed E-state index contributed by atoms with van der Waals surface area (Å²) in [6, 6.07) is 42.1. The largest absolute Gasteiger partial charge is 0.0985 e. The molecule has 0 fully saturated rings. The normalized spacial score (nSPS) is 15.1. The zero-order valence-electron chi connectivity index (χ0n) is 22.0. The van der Waals surface area contributed by atoms with E-state index in [0.717, 1.165) is 12.8 Å². The number of fused-ring (bicyclic) bond motifs is 3. The van der Waals surface area contributed by atoms with Gasteiger partial charge in [0, 0.05) is 0 Å². The summed E-state index contributed by atoms with van der Waals surface area (Å²) in [6.45, 7) is 3.87. The predicted octanol–water partition coefficient (Wildman–Crippen LogP) is 10.7. The van der Waals surface area contributed by atoms with E-state index in [9.17, 15) is 0 Å². The van der Waals surface area contributed by atoms with Gasteiger partial charge in [-0.25, -0.2) is 0 Å². The second kappa shape index (κ2) is 9.89. The van der Waals surface area contributed by atoms with Gasteiger partial charge in [-0.1, -0.05) is 146 Å². The van der Waals surface area contributed by atoms with Crippen molar-refractivity contribution >= 4 is 44.0 Å². The molecule has 0 saturated heterocycles. The van der Waals surface area contributed by atoms with E-state index in [1.54, 1.807) is 0 Å². The molecule has 39 heavy (non-hydrogen) atoms. The molecule has 1 atom stereocenters. The first-order valence-electron chi connectivity index (χ1n) is 13.8. The molecule has 0 nitrogen and oxygen atoms in total. The van der Waals surface area contributed by atoms with Gasteiger partial charge in [-0.3, -0.25) is 0 Å². The van der Waals surface area contributed by atoms with Crippen molar-refractivity contribution in [1.29, 1.82) is 0 Å². The Morgan fingerprint density at radius 1 is 0.615 bits per heavy atom. The van der Waals surface area contributed by atoms with Crippen LogP contribution in [-0.4, -0.2) is 0 Å². The average Bonchev–Trinajstić information content (AvgIpc) is 3.00. The summed E-state index contributed by atoms with van der Waals surface area (Å²) in [6.07, 6.45) is 11.2. The van der Waals surface area contributed by atoms with E-state index in [4.69, 9.17) is 0 Å². The quantitative estimate of drug-likeness (QED) is 0.207. The fraction of sp³-hybridized carbons (Fsp3) is 0.0769. The molecular weight excluding hydrogens is 468 g/mol. The summed E-state index contributed by atoms with van der Waals surface area (Å²) in [5.74, 6) is 0.510. The third-order valence-corrected chi connectivity index (χ3v) is 8.18. The minimum Gasteiger partial charge on any atom is -0.0985 e. The topological polar surface area (TPSA) is 0 Å². The minimum atomic E-state index is 0.510. The van der Waals surface area contributed by atoms with Gasteiger partial charge in [0.2, 0.25) is 0 Å². The van der Waals surface area contributed by atoms with Gasteiger partial charge in [-0.15, -0.1) is 0 Å². The van der Waals surface area contributed by atoms with Crippen LogP contribution < -0.4 is 0 Å². The van der Waals surface area contributed by atoms with E-state index in [2.05, 4.69) is 140 Å². The van der Waals surface area contributed by atoms with Crippen LogP contribution in [0.3, 0.4) is 0 Å².